The third kappa shape index (κ3) is 3.70. The number of H-pyrrole nitrogens is 2. The fraction of sp³-hybridized carbons (Fsp3) is 0.200. The van der Waals surface area contributed by atoms with Crippen molar-refractivity contribution in [3.63, 3.8) is 0 Å². The Hall–Kier alpha value is -3.64. The SMILES string of the molecule is CN1CCN(C(=O)Cc2cc(=O)[nH]c(=O)[nH]2)c2cc(-c3ccc(C#N)s3)ccc21. The van der Waals surface area contributed by atoms with E-state index in [4.69, 9.17) is 5.26 Å². The molecule has 0 aliphatic carbocycles. The van der Waals surface area contributed by atoms with Crippen molar-refractivity contribution in [3.8, 4) is 16.5 Å². The van der Waals surface area contributed by atoms with Gasteiger partial charge in [-0.1, -0.05) is 6.07 Å². The Kier molecular flexibility index (Phi) is 4.78. The molecule has 4 rings (SSSR count). The lowest BCUT2D eigenvalue weighted by molar-refractivity contribution is -0.118. The van der Waals surface area contributed by atoms with Crippen LogP contribution in [0.15, 0.2) is 46.0 Å². The lowest BCUT2D eigenvalue weighted by Crippen LogP contribution is -2.43. The predicted molar refractivity (Wildman–Crippen MR) is 111 cm³/mol. The monoisotopic (exact) mass is 407 g/mol. The van der Waals surface area contributed by atoms with Crippen molar-refractivity contribution in [3.05, 3.63) is 67.8 Å². The van der Waals surface area contributed by atoms with Crippen LogP contribution in [0, 0.1) is 11.3 Å². The molecular formula is C20H17N5O3S. The number of anilines is 2. The van der Waals surface area contributed by atoms with E-state index in [9.17, 15) is 14.4 Å². The van der Waals surface area contributed by atoms with Crippen LogP contribution in [0.4, 0.5) is 11.4 Å². The van der Waals surface area contributed by atoms with Crippen LogP contribution in [0.3, 0.4) is 0 Å². The first kappa shape index (κ1) is 18.7. The summed E-state index contributed by atoms with van der Waals surface area (Å²) >= 11 is 1.40. The van der Waals surface area contributed by atoms with Crippen LogP contribution in [-0.4, -0.2) is 36.0 Å². The third-order valence-corrected chi connectivity index (χ3v) is 5.84. The van der Waals surface area contributed by atoms with Crippen molar-refractivity contribution < 1.29 is 4.79 Å². The number of amides is 1. The van der Waals surface area contributed by atoms with Gasteiger partial charge in [-0.2, -0.15) is 5.26 Å². The van der Waals surface area contributed by atoms with Crippen LogP contribution < -0.4 is 21.0 Å². The number of rotatable bonds is 3. The number of aromatic nitrogens is 2. The molecule has 9 heteroatoms. The van der Waals surface area contributed by atoms with Crippen LogP contribution in [0.5, 0.6) is 0 Å². The maximum atomic E-state index is 13.0. The van der Waals surface area contributed by atoms with Gasteiger partial charge in [0.25, 0.3) is 5.56 Å². The third-order valence-electron chi connectivity index (χ3n) is 4.80. The molecule has 29 heavy (non-hydrogen) atoms. The number of benzene rings is 1. The average Bonchev–Trinajstić information content (AvgIpc) is 3.16. The molecule has 1 aliphatic heterocycles. The summed E-state index contributed by atoms with van der Waals surface area (Å²) in [7, 11) is 1.97. The van der Waals surface area contributed by atoms with Gasteiger partial charge in [0.2, 0.25) is 5.91 Å². The maximum absolute atomic E-state index is 13.0. The quantitative estimate of drug-likeness (QED) is 0.686. The minimum absolute atomic E-state index is 0.0792. The molecule has 3 aromatic rings. The molecule has 0 atom stereocenters. The number of carbonyl (C=O) groups excluding carboxylic acids is 1. The van der Waals surface area contributed by atoms with Gasteiger partial charge in [-0.3, -0.25) is 14.6 Å². The summed E-state index contributed by atoms with van der Waals surface area (Å²) in [6.45, 7) is 1.16. The molecule has 8 nitrogen and oxygen atoms in total. The van der Waals surface area contributed by atoms with Crippen molar-refractivity contribution in [2.75, 3.05) is 29.9 Å². The van der Waals surface area contributed by atoms with E-state index in [1.54, 1.807) is 11.0 Å². The standard InChI is InChI=1S/C20H17N5O3S/c1-24-6-7-25(19(27)10-13-9-18(26)23-20(28)22-13)16-8-12(2-4-15(16)24)17-5-3-14(11-21)29-17/h2-5,8-9H,6-7,10H2,1H3,(H2,22,23,26,28). The second kappa shape index (κ2) is 7.41. The maximum Gasteiger partial charge on any atom is 0.325 e. The number of thiophene rings is 1. The average molecular weight is 407 g/mol. The Bertz CT molecular complexity index is 1220. The predicted octanol–water partition coefficient (Wildman–Crippen LogP) is 1.69. The van der Waals surface area contributed by atoms with Gasteiger partial charge in [-0.15, -0.1) is 11.3 Å². The normalized spacial score (nSPS) is 13.1. The fourth-order valence-corrected chi connectivity index (χ4v) is 4.19. The minimum Gasteiger partial charge on any atom is -0.371 e. The molecular weight excluding hydrogens is 390 g/mol. The summed E-state index contributed by atoms with van der Waals surface area (Å²) in [6.07, 6.45) is -0.0792. The van der Waals surface area contributed by atoms with Crippen molar-refractivity contribution in [2.45, 2.75) is 6.42 Å². The zero-order chi connectivity index (χ0) is 20.5. The molecule has 2 aromatic heterocycles. The van der Waals surface area contributed by atoms with Crippen LogP contribution in [-0.2, 0) is 11.2 Å². The summed E-state index contributed by atoms with van der Waals surface area (Å²) < 4.78 is 0. The van der Waals surface area contributed by atoms with Crippen LogP contribution in [0.2, 0.25) is 0 Å². The first-order chi connectivity index (χ1) is 13.9. The second-order valence-corrected chi connectivity index (χ2v) is 7.82. The molecule has 0 saturated heterocycles. The first-order valence-corrected chi connectivity index (χ1v) is 9.74. The van der Waals surface area contributed by atoms with Gasteiger partial charge < -0.3 is 14.8 Å². The summed E-state index contributed by atoms with van der Waals surface area (Å²) in [6, 6.07) is 12.9. The molecule has 2 N–H and O–H groups in total. The molecule has 0 saturated carbocycles. The number of likely N-dealkylation sites (N-methyl/N-ethyl adjacent to an activating group) is 1. The van der Waals surface area contributed by atoms with Crippen LogP contribution in [0.1, 0.15) is 10.6 Å². The van der Waals surface area contributed by atoms with Gasteiger partial charge in [-0.05, 0) is 29.8 Å². The molecule has 1 aromatic carbocycles. The number of hydrogen-bond donors (Lipinski definition) is 2. The summed E-state index contributed by atoms with van der Waals surface area (Å²) in [5, 5.41) is 9.07. The van der Waals surface area contributed by atoms with Crippen LogP contribution in [0.25, 0.3) is 10.4 Å². The highest BCUT2D eigenvalue weighted by Gasteiger charge is 2.26. The molecule has 1 aliphatic rings. The van der Waals surface area contributed by atoms with Gasteiger partial charge in [-0.25, -0.2) is 4.79 Å². The molecule has 1 amide bonds. The molecule has 0 fully saturated rings. The lowest BCUT2D eigenvalue weighted by atomic mass is 10.1. The van der Waals surface area contributed by atoms with Gasteiger partial charge >= 0.3 is 5.69 Å². The Labute approximate surface area is 169 Å². The Morgan fingerprint density at radius 3 is 2.69 bits per heavy atom. The highest BCUT2D eigenvalue weighted by Crippen LogP contribution is 2.38. The molecule has 146 valence electrons. The molecule has 0 radical (unpaired) electrons. The number of aromatic amines is 2. The number of carbonyl (C=O) groups is 1. The number of hydrogen-bond acceptors (Lipinski definition) is 6. The van der Waals surface area contributed by atoms with Crippen LogP contribution >= 0.6 is 11.3 Å². The minimum atomic E-state index is -0.632. The molecule has 0 unspecified atom stereocenters. The van der Waals surface area contributed by atoms with E-state index >= 15 is 0 Å². The van der Waals surface area contributed by atoms with Crippen molar-refractivity contribution in [2.24, 2.45) is 0 Å². The van der Waals surface area contributed by atoms with E-state index in [-0.39, 0.29) is 18.0 Å². The Morgan fingerprint density at radius 2 is 1.97 bits per heavy atom. The Morgan fingerprint density at radius 1 is 1.14 bits per heavy atom. The van der Waals surface area contributed by atoms with E-state index in [0.29, 0.717) is 18.0 Å². The first-order valence-electron chi connectivity index (χ1n) is 8.93. The van der Waals surface area contributed by atoms with E-state index in [2.05, 4.69) is 20.9 Å². The lowest BCUT2D eigenvalue weighted by Gasteiger charge is -2.36. The number of nitriles is 1. The summed E-state index contributed by atoms with van der Waals surface area (Å²) in [5.74, 6) is -0.207. The van der Waals surface area contributed by atoms with Crippen molar-refractivity contribution in [1.82, 2.24) is 9.97 Å². The van der Waals surface area contributed by atoms with Gasteiger partial charge in [0.1, 0.15) is 10.9 Å². The molecule has 0 spiro atoms. The van der Waals surface area contributed by atoms with E-state index < -0.39 is 11.2 Å². The number of nitrogens with zero attached hydrogens (tertiary/aromatic N) is 3. The van der Waals surface area contributed by atoms with Gasteiger partial charge in [0.05, 0.1) is 17.8 Å². The number of nitrogens with one attached hydrogen (secondary N) is 2. The largest absolute Gasteiger partial charge is 0.371 e. The number of fused-ring (bicyclic) bond motifs is 1. The van der Waals surface area contributed by atoms with Crippen molar-refractivity contribution >= 4 is 28.6 Å². The van der Waals surface area contributed by atoms with Crippen molar-refractivity contribution in [1.29, 1.82) is 5.26 Å². The highest BCUT2D eigenvalue weighted by atomic mass is 32.1. The van der Waals surface area contributed by atoms with E-state index in [0.717, 1.165) is 21.8 Å². The Balaban J connectivity index is 1.69. The smallest absolute Gasteiger partial charge is 0.325 e. The van der Waals surface area contributed by atoms with Gasteiger partial charge in [0, 0.05) is 36.8 Å². The van der Waals surface area contributed by atoms with E-state index in [1.807, 2.05) is 31.3 Å². The second-order valence-electron chi connectivity index (χ2n) is 6.74. The summed E-state index contributed by atoms with van der Waals surface area (Å²) in [5.41, 5.74) is 1.71. The zero-order valence-electron chi connectivity index (χ0n) is 15.6. The zero-order valence-corrected chi connectivity index (χ0v) is 16.4. The topological polar surface area (TPSA) is 113 Å². The van der Waals surface area contributed by atoms with Gasteiger partial charge in [0.15, 0.2) is 0 Å². The highest BCUT2D eigenvalue weighted by molar-refractivity contribution is 7.16. The fourth-order valence-electron chi connectivity index (χ4n) is 3.39. The van der Waals surface area contributed by atoms with E-state index in [1.165, 1.54) is 17.4 Å². The summed E-state index contributed by atoms with van der Waals surface area (Å²) in [4.78, 5) is 45.9. The molecule has 0 bridgehead atoms. The molecule has 3 heterocycles.